The number of carbonyl (C=O) groups is 1. The highest BCUT2D eigenvalue weighted by atomic mass is 32.2. The molecule has 100 valence electrons. The molecular weight excluding hydrogens is 292 g/mol. The van der Waals surface area contributed by atoms with Crippen molar-refractivity contribution in [1.82, 2.24) is 19.7 Å². The minimum absolute atomic E-state index is 0.106. The standard InChI is InChI=1S/C8H8N6O3S2/c1-13-5(14(16)17)2-10-6(13)7-11-12-8(19-7)18-3-4(9)15/h2H,3H2,1H3,(H2,9,15). The summed E-state index contributed by atoms with van der Waals surface area (Å²) in [4.78, 5) is 24.8. The fourth-order valence-electron chi connectivity index (χ4n) is 1.26. The molecule has 2 heterocycles. The van der Waals surface area contributed by atoms with Crippen LogP contribution in [0.25, 0.3) is 10.8 Å². The zero-order chi connectivity index (χ0) is 14.0. The summed E-state index contributed by atoms with van der Waals surface area (Å²) < 4.78 is 1.88. The summed E-state index contributed by atoms with van der Waals surface area (Å²) in [6.45, 7) is 0. The number of thioether (sulfide) groups is 1. The van der Waals surface area contributed by atoms with E-state index < -0.39 is 10.8 Å². The lowest BCUT2D eigenvalue weighted by Crippen LogP contribution is -2.12. The van der Waals surface area contributed by atoms with Gasteiger partial charge in [-0.05, 0) is 4.92 Å². The van der Waals surface area contributed by atoms with E-state index in [2.05, 4.69) is 15.2 Å². The van der Waals surface area contributed by atoms with E-state index in [1.165, 1.54) is 23.0 Å². The fraction of sp³-hybridized carbons (Fsp3) is 0.250. The van der Waals surface area contributed by atoms with Crippen molar-refractivity contribution in [2.24, 2.45) is 12.8 Å². The molecule has 0 unspecified atom stereocenters. The largest absolute Gasteiger partial charge is 0.369 e. The van der Waals surface area contributed by atoms with Crippen molar-refractivity contribution in [1.29, 1.82) is 0 Å². The Kier molecular flexibility index (Phi) is 3.76. The molecule has 0 bridgehead atoms. The zero-order valence-corrected chi connectivity index (χ0v) is 11.3. The minimum Gasteiger partial charge on any atom is -0.369 e. The SMILES string of the molecule is Cn1c([N+](=O)[O-])cnc1-c1nnc(SCC(N)=O)s1. The molecule has 2 rings (SSSR count). The van der Waals surface area contributed by atoms with Crippen LogP contribution in [0.1, 0.15) is 0 Å². The Balaban J connectivity index is 2.23. The second kappa shape index (κ2) is 5.32. The molecule has 0 aliphatic rings. The maximum atomic E-state index is 10.7. The molecule has 11 heteroatoms. The lowest BCUT2D eigenvalue weighted by atomic mass is 10.6. The smallest absolute Gasteiger partial charge is 0.342 e. The lowest BCUT2D eigenvalue weighted by molar-refractivity contribution is -0.391. The molecule has 19 heavy (non-hydrogen) atoms. The monoisotopic (exact) mass is 300 g/mol. The second-order valence-corrected chi connectivity index (χ2v) is 5.58. The van der Waals surface area contributed by atoms with Crippen molar-refractivity contribution in [3.8, 4) is 10.8 Å². The van der Waals surface area contributed by atoms with Crippen LogP contribution >= 0.6 is 23.1 Å². The highest BCUT2D eigenvalue weighted by molar-refractivity contribution is 8.01. The molecule has 0 spiro atoms. The maximum Gasteiger partial charge on any atom is 0.342 e. The van der Waals surface area contributed by atoms with E-state index >= 15 is 0 Å². The van der Waals surface area contributed by atoms with E-state index in [1.807, 2.05) is 0 Å². The number of hydrogen-bond acceptors (Lipinski definition) is 8. The molecule has 0 fully saturated rings. The van der Waals surface area contributed by atoms with Crippen LogP contribution < -0.4 is 5.73 Å². The molecule has 0 saturated heterocycles. The molecule has 9 nitrogen and oxygen atoms in total. The van der Waals surface area contributed by atoms with Gasteiger partial charge in [0.15, 0.2) is 4.34 Å². The topological polar surface area (TPSA) is 130 Å². The third-order valence-electron chi connectivity index (χ3n) is 2.09. The predicted octanol–water partition coefficient (Wildman–Crippen LogP) is 0.424. The Morgan fingerprint density at radius 1 is 1.63 bits per heavy atom. The Labute approximate surface area is 115 Å². The van der Waals surface area contributed by atoms with Crippen LogP contribution in [-0.2, 0) is 11.8 Å². The fourth-order valence-corrected chi connectivity index (χ4v) is 2.88. The van der Waals surface area contributed by atoms with Gasteiger partial charge in [0, 0.05) is 0 Å². The summed E-state index contributed by atoms with van der Waals surface area (Å²) in [6, 6.07) is 0. The normalized spacial score (nSPS) is 10.6. The molecule has 0 saturated carbocycles. The number of nitro groups is 1. The summed E-state index contributed by atoms with van der Waals surface area (Å²) in [7, 11) is 1.53. The molecule has 0 aliphatic heterocycles. The van der Waals surface area contributed by atoms with Crippen molar-refractivity contribution in [3.05, 3.63) is 16.3 Å². The maximum absolute atomic E-state index is 10.7. The van der Waals surface area contributed by atoms with Crippen LogP contribution in [0.2, 0.25) is 0 Å². The van der Waals surface area contributed by atoms with Crippen molar-refractivity contribution in [2.75, 3.05) is 5.75 Å². The first kappa shape index (κ1) is 13.4. The summed E-state index contributed by atoms with van der Waals surface area (Å²) in [5.41, 5.74) is 5.02. The third-order valence-corrected chi connectivity index (χ3v) is 4.16. The van der Waals surface area contributed by atoms with Crippen LogP contribution in [0, 0.1) is 10.1 Å². The first-order chi connectivity index (χ1) is 8.99. The van der Waals surface area contributed by atoms with Crippen LogP contribution in [0.4, 0.5) is 5.82 Å². The van der Waals surface area contributed by atoms with Crippen LogP contribution in [0.15, 0.2) is 10.5 Å². The lowest BCUT2D eigenvalue weighted by Gasteiger charge is -1.94. The molecule has 2 aromatic rings. The van der Waals surface area contributed by atoms with E-state index in [0.29, 0.717) is 15.2 Å². The average molecular weight is 300 g/mol. The molecule has 0 atom stereocenters. The van der Waals surface area contributed by atoms with E-state index in [0.717, 1.165) is 18.0 Å². The highest BCUT2D eigenvalue weighted by Gasteiger charge is 2.21. The summed E-state index contributed by atoms with van der Waals surface area (Å²) in [6.07, 6.45) is 1.16. The Hall–Kier alpha value is -2.01. The number of imidazole rings is 1. The number of rotatable bonds is 5. The first-order valence-corrected chi connectivity index (χ1v) is 6.70. The summed E-state index contributed by atoms with van der Waals surface area (Å²) in [5.74, 6) is -0.115. The van der Waals surface area contributed by atoms with Gasteiger partial charge in [0.1, 0.15) is 6.20 Å². The van der Waals surface area contributed by atoms with Crippen molar-refractivity contribution in [3.63, 3.8) is 0 Å². The zero-order valence-electron chi connectivity index (χ0n) is 9.64. The Bertz CT molecular complexity index is 636. The number of primary amides is 1. The van der Waals surface area contributed by atoms with Gasteiger partial charge in [-0.3, -0.25) is 4.79 Å². The van der Waals surface area contributed by atoms with Gasteiger partial charge < -0.3 is 15.8 Å². The van der Waals surface area contributed by atoms with Crippen molar-refractivity contribution >= 4 is 34.8 Å². The molecule has 1 amide bonds. The first-order valence-electron chi connectivity index (χ1n) is 4.90. The number of amides is 1. The van der Waals surface area contributed by atoms with E-state index in [9.17, 15) is 14.9 Å². The molecular formula is C8H8N6O3S2. The van der Waals surface area contributed by atoms with Gasteiger partial charge >= 0.3 is 5.82 Å². The van der Waals surface area contributed by atoms with Gasteiger partial charge in [0.2, 0.25) is 10.9 Å². The third kappa shape index (κ3) is 2.88. The van der Waals surface area contributed by atoms with E-state index in [-0.39, 0.29) is 11.6 Å². The second-order valence-electron chi connectivity index (χ2n) is 3.38. The van der Waals surface area contributed by atoms with Crippen LogP contribution in [0.5, 0.6) is 0 Å². The molecule has 0 aromatic carbocycles. The molecule has 2 N–H and O–H groups in total. The number of aromatic nitrogens is 4. The van der Waals surface area contributed by atoms with Gasteiger partial charge in [0.05, 0.1) is 12.8 Å². The van der Waals surface area contributed by atoms with E-state index in [4.69, 9.17) is 5.73 Å². The molecule has 2 aromatic heterocycles. The molecule has 0 aliphatic carbocycles. The number of hydrogen-bond donors (Lipinski definition) is 1. The van der Waals surface area contributed by atoms with E-state index in [1.54, 1.807) is 0 Å². The van der Waals surface area contributed by atoms with Gasteiger partial charge in [-0.25, -0.2) is 9.55 Å². The predicted molar refractivity (Wildman–Crippen MR) is 68.7 cm³/mol. The number of nitrogens with two attached hydrogens (primary N) is 1. The number of carbonyl (C=O) groups excluding carboxylic acids is 1. The summed E-state index contributed by atoms with van der Waals surface area (Å²) >= 11 is 2.36. The molecule has 0 radical (unpaired) electrons. The van der Waals surface area contributed by atoms with Gasteiger partial charge in [0.25, 0.3) is 5.82 Å². The highest BCUT2D eigenvalue weighted by Crippen LogP contribution is 2.29. The average Bonchev–Trinajstić information content (AvgIpc) is 2.92. The van der Waals surface area contributed by atoms with Crippen molar-refractivity contribution < 1.29 is 9.72 Å². The van der Waals surface area contributed by atoms with Gasteiger partial charge in [-0.15, -0.1) is 10.2 Å². The van der Waals surface area contributed by atoms with Gasteiger partial charge in [-0.2, -0.15) is 0 Å². The quantitative estimate of drug-likeness (QED) is 0.481. The van der Waals surface area contributed by atoms with Gasteiger partial charge in [-0.1, -0.05) is 23.1 Å². The summed E-state index contributed by atoms with van der Waals surface area (Å²) in [5, 5.41) is 18.9. The van der Waals surface area contributed by atoms with Crippen molar-refractivity contribution in [2.45, 2.75) is 4.34 Å². The minimum atomic E-state index is -0.527. The van der Waals surface area contributed by atoms with Crippen LogP contribution in [0.3, 0.4) is 0 Å². The Morgan fingerprint density at radius 2 is 2.37 bits per heavy atom. The Morgan fingerprint density at radius 3 is 2.95 bits per heavy atom. The van der Waals surface area contributed by atoms with Crippen LogP contribution in [-0.4, -0.2) is 36.3 Å². The number of nitrogens with zero attached hydrogens (tertiary/aromatic N) is 5.